The average molecular weight is 450 g/mol. The van der Waals surface area contributed by atoms with Gasteiger partial charge in [0.1, 0.15) is 11.6 Å². The highest BCUT2D eigenvalue weighted by Crippen LogP contribution is 2.39. The van der Waals surface area contributed by atoms with E-state index in [2.05, 4.69) is 53.4 Å². The molecule has 176 valence electrons. The predicted octanol–water partition coefficient (Wildman–Crippen LogP) is 2.88. The Labute approximate surface area is 196 Å². The van der Waals surface area contributed by atoms with Crippen LogP contribution in [0.3, 0.4) is 0 Å². The van der Waals surface area contributed by atoms with Crippen LogP contribution in [-0.2, 0) is 27.9 Å². The van der Waals surface area contributed by atoms with Crippen LogP contribution in [-0.4, -0.2) is 72.6 Å². The Balaban J connectivity index is 1.40. The number of nitrogens with zero attached hydrogens (tertiary/aromatic N) is 4. The van der Waals surface area contributed by atoms with Crippen LogP contribution in [0.5, 0.6) is 0 Å². The number of fused-ring (bicyclic) bond motifs is 1. The number of ether oxygens (including phenoxy) is 1. The zero-order valence-electron chi connectivity index (χ0n) is 20.1. The number of carbonyl (C=O) groups is 1. The second-order valence-electron chi connectivity index (χ2n) is 9.89. The number of carbonyl (C=O) groups excluding carboxylic acids is 1. The number of amides is 1. The summed E-state index contributed by atoms with van der Waals surface area (Å²) in [6, 6.07) is 8.46. The average Bonchev–Trinajstić information content (AvgIpc) is 3.33. The zero-order chi connectivity index (χ0) is 23.0. The molecule has 5 rings (SSSR count). The van der Waals surface area contributed by atoms with Crippen molar-refractivity contribution in [3.8, 4) is 0 Å². The third-order valence-electron chi connectivity index (χ3n) is 7.68. The van der Waals surface area contributed by atoms with Gasteiger partial charge in [0.05, 0.1) is 11.1 Å². The van der Waals surface area contributed by atoms with Gasteiger partial charge in [-0.15, -0.1) is 0 Å². The minimum atomic E-state index is -0.491. The minimum Gasteiger partial charge on any atom is -0.381 e. The molecule has 33 heavy (non-hydrogen) atoms. The first-order valence-electron chi connectivity index (χ1n) is 12.2. The summed E-state index contributed by atoms with van der Waals surface area (Å²) in [5.41, 5.74) is 4.20. The van der Waals surface area contributed by atoms with Crippen molar-refractivity contribution < 1.29 is 9.53 Å². The molecule has 2 saturated heterocycles. The number of rotatable bonds is 4. The fraction of sp³-hybridized carbons (Fsp3) is 0.577. The Hall–Kier alpha value is -2.51. The van der Waals surface area contributed by atoms with Crippen LogP contribution in [0.4, 0.5) is 5.82 Å². The molecule has 0 bridgehead atoms. The van der Waals surface area contributed by atoms with Gasteiger partial charge in [-0.25, -0.2) is 9.97 Å². The van der Waals surface area contributed by atoms with Crippen molar-refractivity contribution in [2.75, 3.05) is 52.3 Å². The number of hydrogen-bond acceptors (Lipinski definition) is 6. The Bertz CT molecular complexity index is 1030. The zero-order valence-corrected chi connectivity index (χ0v) is 20.1. The van der Waals surface area contributed by atoms with E-state index in [0.717, 1.165) is 68.2 Å². The van der Waals surface area contributed by atoms with Gasteiger partial charge in [-0.3, -0.25) is 4.79 Å². The molecule has 4 heterocycles. The molecular formula is C26H35N5O2. The standard InChI is InChI=1S/C26H35N5O2/c1-18-5-4-6-20(15-18)26(9-13-33-14-10-26)25(32)31-12-7-19(16-31)23-28-22-17-30(3)11-8-21(22)24(27-2)29-23/h4-6,15,19H,7-14,16-17H2,1-3H3,(H,27,28,29). The van der Waals surface area contributed by atoms with Crippen LogP contribution < -0.4 is 5.32 Å². The van der Waals surface area contributed by atoms with Gasteiger partial charge in [-0.05, 0) is 45.2 Å². The highest BCUT2D eigenvalue weighted by atomic mass is 16.5. The first-order valence-corrected chi connectivity index (χ1v) is 12.2. The van der Waals surface area contributed by atoms with Crippen molar-refractivity contribution in [2.24, 2.45) is 0 Å². The largest absolute Gasteiger partial charge is 0.381 e. The number of aryl methyl sites for hydroxylation is 1. The molecule has 1 amide bonds. The molecule has 1 unspecified atom stereocenters. The van der Waals surface area contributed by atoms with Crippen molar-refractivity contribution in [3.05, 3.63) is 52.5 Å². The molecule has 0 aliphatic carbocycles. The number of hydrogen-bond donors (Lipinski definition) is 1. The lowest BCUT2D eigenvalue weighted by Crippen LogP contribution is -2.49. The van der Waals surface area contributed by atoms with Crippen molar-refractivity contribution in [2.45, 2.75) is 50.5 Å². The fourth-order valence-corrected chi connectivity index (χ4v) is 5.72. The minimum absolute atomic E-state index is 0.174. The third kappa shape index (κ3) is 4.13. The fourth-order valence-electron chi connectivity index (χ4n) is 5.72. The first kappa shape index (κ1) is 22.3. The van der Waals surface area contributed by atoms with Crippen LogP contribution in [0, 0.1) is 6.92 Å². The Kier molecular flexibility index (Phi) is 6.10. The summed E-state index contributed by atoms with van der Waals surface area (Å²) in [4.78, 5) is 28.3. The highest BCUT2D eigenvalue weighted by Gasteiger charge is 2.46. The maximum atomic E-state index is 14.0. The van der Waals surface area contributed by atoms with Gasteiger partial charge in [-0.1, -0.05) is 29.8 Å². The van der Waals surface area contributed by atoms with Gasteiger partial charge in [0.2, 0.25) is 5.91 Å². The Morgan fingerprint density at radius 2 is 2.03 bits per heavy atom. The molecule has 0 spiro atoms. The third-order valence-corrected chi connectivity index (χ3v) is 7.68. The molecule has 3 aliphatic rings. The normalized spacial score (nSPS) is 22.8. The smallest absolute Gasteiger partial charge is 0.233 e. The number of likely N-dealkylation sites (tertiary alicyclic amines) is 1. The topological polar surface area (TPSA) is 70.6 Å². The number of nitrogens with one attached hydrogen (secondary N) is 1. The van der Waals surface area contributed by atoms with E-state index in [1.807, 2.05) is 7.05 Å². The molecule has 0 saturated carbocycles. The molecule has 1 atom stereocenters. The summed E-state index contributed by atoms with van der Waals surface area (Å²) in [5, 5.41) is 3.29. The van der Waals surface area contributed by atoms with Crippen LogP contribution in [0.15, 0.2) is 24.3 Å². The molecule has 3 aliphatic heterocycles. The van der Waals surface area contributed by atoms with Gasteiger partial charge >= 0.3 is 0 Å². The second-order valence-corrected chi connectivity index (χ2v) is 9.89. The lowest BCUT2D eigenvalue weighted by atomic mass is 9.72. The number of benzene rings is 1. The highest BCUT2D eigenvalue weighted by molar-refractivity contribution is 5.89. The van der Waals surface area contributed by atoms with Crippen molar-refractivity contribution in [1.29, 1.82) is 0 Å². The van der Waals surface area contributed by atoms with Gasteiger partial charge in [0.25, 0.3) is 0 Å². The Morgan fingerprint density at radius 3 is 2.79 bits per heavy atom. The van der Waals surface area contributed by atoms with Crippen LogP contribution in [0.25, 0.3) is 0 Å². The molecule has 1 aromatic carbocycles. The molecule has 7 nitrogen and oxygen atoms in total. The summed E-state index contributed by atoms with van der Waals surface area (Å²) >= 11 is 0. The summed E-state index contributed by atoms with van der Waals surface area (Å²) in [7, 11) is 4.07. The molecule has 0 radical (unpaired) electrons. The van der Waals surface area contributed by atoms with Gasteiger partial charge in [-0.2, -0.15) is 0 Å². The lowest BCUT2D eigenvalue weighted by Gasteiger charge is -2.39. The van der Waals surface area contributed by atoms with Crippen LogP contribution in [0.2, 0.25) is 0 Å². The summed E-state index contributed by atoms with van der Waals surface area (Å²) in [5.74, 6) is 2.24. The van der Waals surface area contributed by atoms with Gasteiger partial charge < -0.3 is 19.9 Å². The van der Waals surface area contributed by atoms with E-state index in [4.69, 9.17) is 14.7 Å². The molecule has 2 fully saturated rings. The number of anilines is 1. The lowest BCUT2D eigenvalue weighted by molar-refractivity contribution is -0.140. The molecule has 1 aromatic heterocycles. The molecule has 2 aromatic rings. The van der Waals surface area contributed by atoms with E-state index in [1.165, 1.54) is 11.1 Å². The monoisotopic (exact) mass is 449 g/mol. The van der Waals surface area contributed by atoms with Crippen molar-refractivity contribution in [3.63, 3.8) is 0 Å². The SMILES string of the molecule is CNc1nc(C2CCN(C(=O)C3(c4cccc(C)c4)CCOCC3)C2)nc2c1CCN(C)C2. The Morgan fingerprint density at radius 1 is 1.21 bits per heavy atom. The van der Waals surface area contributed by atoms with Crippen molar-refractivity contribution >= 4 is 11.7 Å². The van der Waals surface area contributed by atoms with Crippen molar-refractivity contribution in [1.82, 2.24) is 19.8 Å². The van der Waals surface area contributed by atoms with E-state index >= 15 is 0 Å². The number of aromatic nitrogens is 2. The summed E-state index contributed by atoms with van der Waals surface area (Å²) in [6.45, 7) is 6.68. The number of likely N-dealkylation sites (N-methyl/N-ethyl adjacent to an activating group) is 1. The second kappa shape index (κ2) is 9.03. The van der Waals surface area contributed by atoms with E-state index in [9.17, 15) is 4.79 Å². The first-order chi connectivity index (χ1) is 16.0. The van der Waals surface area contributed by atoms with Gasteiger partial charge in [0, 0.05) is 57.9 Å². The van der Waals surface area contributed by atoms with Crippen LogP contribution >= 0.6 is 0 Å². The maximum Gasteiger partial charge on any atom is 0.233 e. The quantitative estimate of drug-likeness (QED) is 0.774. The summed E-state index contributed by atoms with van der Waals surface area (Å²) in [6.07, 6.45) is 3.35. The molecular weight excluding hydrogens is 414 g/mol. The van der Waals surface area contributed by atoms with E-state index < -0.39 is 5.41 Å². The maximum absolute atomic E-state index is 14.0. The van der Waals surface area contributed by atoms with Crippen LogP contribution in [0.1, 0.15) is 53.4 Å². The van der Waals surface area contributed by atoms with E-state index in [-0.39, 0.29) is 11.8 Å². The summed E-state index contributed by atoms with van der Waals surface area (Å²) < 4.78 is 5.67. The van der Waals surface area contributed by atoms with Gasteiger partial charge in [0.15, 0.2) is 0 Å². The van der Waals surface area contributed by atoms with E-state index in [0.29, 0.717) is 19.8 Å². The van der Waals surface area contributed by atoms with E-state index in [1.54, 1.807) is 0 Å². The molecule has 7 heteroatoms. The molecule has 1 N–H and O–H groups in total. The predicted molar refractivity (Wildman–Crippen MR) is 128 cm³/mol.